The molecule has 0 saturated carbocycles. The maximum atomic E-state index is 10.6. The Balaban J connectivity index is 2.07. The van der Waals surface area contributed by atoms with E-state index in [-0.39, 0.29) is 5.41 Å². The highest BCUT2D eigenvalue weighted by Crippen LogP contribution is 2.40. The lowest BCUT2D eigenvalue weighted by Gasteiger charge is -2.41. The minimum absolute atomic E-state index is 0.261. The minimum atomic E-state index is -0.556. The Morgan fingerprint density at radius 3 is 2.33 bits per heavy atom. The highest BCUT2D eigenvalue weighted by molar-refractivity contribution is 5.13. The summed E-state index contributed by atoms with van der Waals surface area (Å²) >= 11 is 0. The molecule has 2 rings (SSSR count). The smallest absolute Gasteiger partial charge is 0.0857 e. The second-order valence-electron chi connectivity index (χ2n) is 5.70. The van der Waals surface area contributed by atoms with Crippen LogP contribution >= 0.6 is 0 Å². The maximum absolute atomic E-state index is 10.6. The van der Waals surface area contributed by atoms with Crippen LogP contribution in [0.3, 0.4) is 0 Å². The van der Waals surface area contributed by atoms with Crippen LogP contribution in [-0.2, 0) is 4.74 Å². The molecule has 0 aromatic carbocycles. The van der Waals surface area contributed by atoms with E-state index >= 15 is 0 Å². The van der Waals surface area contributed by atoms with Crippen molar-refractivity contribution in [3.63, 3.8) is 0 Å². The Hall–Kier alpha value is -0.340. The van der Waals surface area contributed by atoms with Crippen LogP contribution < -0.4 is 0 Å². The van der Waals surface area contributed by atoms with E-state index in [1.54, 1.807) is 0 Å². The molecule has 2 nitrogen and oxygen atoms in total. The van der Waals surface area contributed by atoms with E-state index in [2.05, 4.69) is 19.9 Å². The van der Waals surface area contributed by atoms with Gasteiger partial charge in [0, 0.05) is 13.2 Å². The van der Waals surface area contributed by atoms with Gasteiger partial charge in [0.25, 0.3) is 0 Å². The van der Waals surface area contributed by atoms with Gasteiger partial charge in [0.2, 0.25) is 0 Å². The van der Waals surface area contributed by atoms with Crippen LogP contribution in [0.4, 0.5) is 0 Å². The molecule has 1 heterocycles. The van der Waals surface area contributed by atoms with E-state index in [4.69, 9.17) is 4.74 Å². The molecule has 1 aliphatic heterocycles. The van der Waals surface area contributed by atoms with Gasteiger partial charge in [0.15, 0.2) is 0 Å². The molecule has 1 N–H and O–H groups in total. The summed E-state index contributed by atoms with van der Waals surface area (Å²) < 4.78 is 5.34. The second-order valence-corrected chi connectivity index (χ2v) is 5.70. The van der Waals surface area contributed by atoms with Crippen LogP contribution in [0.25, 0.3) is 0 Å². The van der Waals surface area contributed by atoms with Gasteiger partial charge in [-0.2, -0.15) is 0 Å². The maximum Gasteiger partial charge on any atom is 0.0857 e. The zero-order chi connectivity index (χ0) is 10.9. The summed E-state index contributed by atoms with van der Waals surface area (Å²) in [6.07, 6.45) is 8.22. The van der Waals surface area contributed by atoms with Crippen LogP contribution in [0, 0.1) is 11.3 Å². The number of hydrogen-bond donors (Lipinski definition) is 1. The number of aliphatic hydroxyl groups is 1. The zero-order valence-electron chi connectivity index (χ0n) is 9.83. The summed E-state index contributed by atoms with van der Waals surface area (Å²) in [4.78, 5) is 0. The Morgan fingerprint density at radius 1 is 1.13 bits per heavy atom. The van der Waals surface area contributed by atoms with E-state index in [1.807, 2.05) is 6.08 Å². The third kappa shape index (κ3) is 2.43. The van der Waals surface area contributed by atoms with Crippen molar-refractivity contribution in [1.29, 1.82) is 0 Å². The Labute approximate surface area is 92.3 Å². The van der Waals surface area contributed by atoms with Crippen molar-refractivity contribution < 1.29 is 9.84 Å². The molecule has 1 unspecified atom stereocenters. The van der Waals surface area contributed by atoms with Crippen LogP contribution in [0.1, 0.15) is 39.5 Å². The van der Waals surface area contributed by atoms with Gasteiger partial charge in [-0.1, -0.05) is 26.0 Å². The largest absolute Gasteiger partial charge is 0.386 e. The van der Waals surface area contributed by atoms with Crippen molar-refractivity contribution in [2.24, 2.45) is 11.3 Å². The van der Waals surface area contributed by atoms with Crippen LogP contribution in [0.15, 0.2) is 12.2 Å². The highest BCUT2D eigenvalue weighted by Gasteiger charge is 2.39. The lowest BCUT2D eigenvalue weighted by Crippen LogP contribution is -2.42. The fraction of sp³-hybridized carbons (Fsp3) is 0.846. The van der Waals surface area contributed by atoms with E-state index < -0.39 is 5.60 Å². The third-order valence-corrected chi connectivity index (χ3v) is 3.92. The van der Waals surface area contributed by atoms with Gasteiger partial charge in [-0.15, -0.1) is 0 Å². The van der Waals surface area contributed by atoms with Gasteiger partial charge < -0.3 is 9.84 Å². The van der Waals surface area contributed by atoms with E-state index in [0.29, 0.717) is 5.92 Å². The summed E-state index contributed by atoms with van der Waals surface area (Å²) in [5.41, 5.74) is -0.295. The SMILES string of the molecule is CC1(C)C=CC(O)(C2CCOCC2)CC1. The van der Waals surface area contributed by atoms with Gasteiger partial charge in [-0.3, -0.25) is 0 Å². The molecular weight excluding hydrogens is 188 g/mol. The summed E-state index contributed by atoms with van der Waals surface area (Å²) in [6.45, 7) is 6.08. The molecule has 2 heteroatoms. The molecule has 0 aromatic rings. The summed E-state index contributed by atoms with van der Waals surface area (Å²) in [7, 11) is 0. The van der Waals surface area contributed by atoms with Crippen molar-refractivity contribution in [2.75, 3.05) is 13.2 Å². The van der Waals surface area contributed by atoms with Crippen molar-refractivity contribution in [1.82, 2.24) is 0 Å². The Kier molecular flexibility index (Phi) is 2.91. The normalized spacial score (nSPS) is 36.7. The lowest BCUT2D eigenvalue weighted by molar-refractivity contribution is -0.0478. The number of hydrogen-bond acceptors (Lipinski definition) is 2. The average molecular weight is 210 g/mol. The van der Waals surface area contributed by atoms with Gasteiger partial charge >= 0.3 is 0 Å². The van der Waals surface area contributed by atoms with Crippen LogP contribution in [0.2, 0.25) is 0 Å². The van der Waals surface area contributed by atoms with Crippen LogP contribution in [-0.4, -0.2) is 23.9 Å². The number of ether oxygens (including phenoxy) is 1. The first-order chi connectivity index (χ1) is 7.02. The van der Waals surface area contributed by atoms with Gasteiger partial charge in [-0.25, -0.2) is 0 Å². The minimum Gasteiger partial charge on any atom is -0.386 e. The molecule has 0 bridgehead atoms. The number of rotatable bonds is 1. The molecule has 1 atom stereocenters. The molecular formula is C13H22O2. The summed E-state index contributed by atoms with van der Waals surface area (Å²) in [6, 6.07) is 0. The second kappa shape index (κ2) is 3.91. The topological polar surface area (TPSA) is 29.5 Å². The van der Waals surface area contributed by atoms with Crippen molar-refractivity contribution in [3.8, 4) is 0 Å². The molecule has 1 aliphatic carbocycles. The molecule has 0 radical (unpaired) electrons. The monoisotopic (exact) mass is 210 g/mol. The quantitative estimate of drug-likeness (QED) is 0.674. The first kappa shape index (κ1) is 11.2. The van der Waals surface area contributed by atoms with E-state index in [9.17, 15) is 5.11 Å². The molecule has 15 heavy (non-hydrogen) atoms. The van der Waals surface area contributed by atoms with Crippen molar-refractivity contribution in [3.05, 3.63) is 12.2 Å². The Morgan fingerprint density at radius 2 is 1.80 bits per heavy atom. The van der Waals surface area contributed by atoms with Gasteiger partial charge in [0.1, 0.15) is 0 Å². The first-order valence-electron chi connectivity index (χ1n) is 6.02. The fourth-order valence-corrected chi connectivity index (χ4v) is 2.60. The fourth-order valence-electron chi connectivity index (χ4n) is 2.60. The van der Waals surface area contributed by atoms with Gasteiger partial charge in [-0.05, 0) is 37.0 Å². The lowest BCUT2D eigenvalue weighted by atomic mass is 9.70. The summed E-state index contributed by atoms with van der Waals surface area (Å²) in [5, 5.41) is 10.6. The van der Waals surface area contributed by atoms with Crippen molar-refractivity contribution >= 4 is 0 Å². The molecule has 86 valence electrons. The van der Waals surface area contributed by atoms with E-state index in [1.165, 1.54) is 0 Å². The molecule has 1 saturated heterocycles. The predicted octanol–water partition coefficient (Wildman–Crippen LogP) is 2.52. The van der Waals surface area contributed by atoms with E-state index in [0.717, 1.165) is 38.9 Å². The molecule has 2 aliphatic rings. The third-order valence-electron chi connectivity index (χ3n) is 3.92. The standard InChI is InChI=1S/C13H22O2/c1-12(2)5-7-13(14,8-6-12)11-3-9-15-10-4-11/h5,7,11,14H,3-4,6,8-10H2,1-2H3. The van der Waals surface area contributed by atoms with Gasteiger partial charge in [0.05, 0.1) is 5.60 Å². The highest BCUT2D eigenvalue weighted by atomic mass is 16.5. The first-order valence-corrected chi connectivity index (χ1v) is 6.02. The molecule has 0 aromatic heterocycles. The van der Waals surface area contributed by atoms with Crippen molar-refractivity contribution in [2.45, 2.75) is 45.1 Å². The average Bonchev–Trinajstić information content (AvgIpc) is 2.24. The molecule has 1 fully saturated rings. The zero-order valence-corrected chi connectivity index (χ0v) is 9.83. The molecule has 0 amide bonds. The summed E-state index contributed by atoms with van der Waals surface area (Å²) in [5.74, 6) is 0.401. The Bertz CT molecular complexity index is 251. The molecule has 0 spiro atoms. The predicted molar refractivity (Wildman–Crippen MR) is 60.6 cm³/mol. The van der Waals surface area contributed by atoms with Crippen LogP contribution in [0.5, 0.6) is 0 Å². The number of allylic oxidation sites excluding steroid dienone is 1.